The van der Waals surface area contributed by atoms with Gasteiger partial charge in [0.1, 0.15) is 5.75 Å². The molecule has 0 bridgehead atoms. The summed E-state index contributed by atoms with van der Waals surface area (Å²) in [6, 6.07) is 17.1. The second-order valence-corrected chi connectivity index (χ2v) is 6.73. The van der Waals surface area contributed by atoms with Crippen LogP contribution in [0.2, 0.25) is 0 Å². The van der Waals surface area contributed by atoms with E-state index in [2.05, 4.69) is 15.5 Å². The first-order chi connectivity index (χ1) is 12.7. The molecule has 2 aromatic carbocycles. The molecule has 0 spiro atoms. The number of amides is 1. The lowest BCUT2D eigenvalue weighted by molar-refractivity contribution is 0.0950. The van der Waals surface area contributed by atoms with Gasteiger partial charge in [-0.25, -0.2) is 0 Å². The van der Waals surface area contributed by atoms with Crippen LogP contribution in [0.4, 0.5) is 0 Å². The van der Waals surface area contributed by atoms with E-state index >= 15 is 0 Å². The van der Waals surface area contributed by atoms with Crippen molar-refractivity contribution in [1.82, 2.24) is 15.5 Å². The topological polar surface area (TPSA) is 64.1 Å². The highest BCUT2D eigenvalue weighted by Gasteiger charge is 2.14. The molecule has 3 aromatic rings. The van der Waals surface area contributed by atoms with Crippen molar-refractivity contribution in [2.75, 3.05) is 7.11 Å². The molecule has 0 saturated carbocycles. The summed E-state index contributed by atoms with van der Waals surface area (Å²) < 4.78 is 5.12. The predicted octanol–water partition coefficient (Wildman–Crippen LogP) is 4.21. The summed E-state index contributed by atoms with van der Waals surface area (Å²) in [7, 11) is 1.61. The van der Waals surface area contributed by atoms with Crippen LogP contribution in [0.5, 0.6) is 5.75 Å². The lowest BCUT2D eigenvalue weighted by Gasteiger charge is -2.02. The molecule has 1 aromatic heterocycles. The molecule has 26 heavy (non-hydrogen) atoms. The van der Waals surface area contributed by atoms with Gasteiger partial charge in [0.05, 0.1) is 12.1 Å². The summed E-state index contributed by atoms with van der Waals surface area (Å²) in [6.07, 6.45) is 1.77. The normalized spacial score (nSPS) is 11.2. The Morgan fingerprint density at radius 2 is 1.81 bits per heavy atom. The Bertz CT molecular complexity index is 908. The predicted molar refractivity (Wildman–Crippen MR) is 104 cm³/mol. The number of hydrogen-bond acceptors (Lipinski definition) is 5. The first kappa shape index (κ1) is 18.1. The highest BCUT2D eigenvalue weighted by molar-refractivity contribution is 7.15. The molecule has 5 nitrogen and oxygen atoms in total. The molecule has 0 saturated heterocycles. The highest BCUT2D eigenvalue weighted by Crippen LogP contribution is 2.26. The van der Waals surface area contributed by atoms with Crippen molar-refractivity contribution < 1.29 is 9.53 Å². The maximum Gasteiger partial charge on any atom is 0.282 e. The van der Waals surface area contributed by atoms with Crippen LogP contribution in [0.1, 0.15) is 25.9 Å². The quantitative estimate of drug-likeness (QED) is 0.690. The third kappa shape index (κ3) is 4.68. The molecule has 0 aliphatic heterocycles. The molecule has 0 atom stereocenters. The first-order valence-electron chi connectivity index (χ1n) is 7.83. The van der Waals surface area contributed by atoms with Crippen LogP contribution in [-0.4, -0.2) is 23.2 Å². The Morgan fingerprint density at radius 1 is 1.12 bits per heavy atom. The van der Waals surface area contributed by atoms with E-state index in [-0.39, 0.29) is 10.9 Å². The summed E-state index contributed by atoms with van der Waals surface area (Å²) >= 11 is 7.46. The van der Waals surface area contributed by atoms with Gasteiger partial charge in [0.2, 0.25) is 5.01 Å². The van der Waals surface area contributed by atoms with Gasteiger partial charge in [-0.2, -0.15) is 0 Å². The Morgan fingerprint density at radius 3 is 2.50 bits per heavy atom. The Labute approximate surface area is 160 Å². The smallest absolute Gasteiger partial charge is 0.282 e. The van der Waals surface area contributed by atoms with Gasteiger partial charge in [-0.1, -0.05) is 65.4 Å². The van der Waals surface area contributed by atoms with Crippen molar-refractivity contribution in [3.8, 4) is 5.75 Å². The molecule has 3 rings (SSSR count). The minimum Gasteiger partial charge on any atom is -0.497 e. The van der Waals surface area contributed by atoms with Crippen molar-refractivity contribution in [2.45, 2.75) is 6.54 Å². The average Bonchev–Trinajstić information content (AvgIpc) is 3.18. The third-order valence-corrected chi connectivity index (χ3v) is 4.88. The maximum absolute atomic E-state index is 12.2. The lowest BCUT2D eigenvalue weighted by atomic mass is 10.2. The first-order valence-corrected chi connectivity index (χ1v) is 9.02. The number of nitrogens with zero attached hydrogens (tertiary/aromatic N) is 2. The number of hydrogen-bond donors (Lipinski definition) is 1. The fraction of sp³-hybridized carbons (Fsp3) is 0.105. The van der Waals surface area contributed by atoms with Gasteiger partial charge < -0.3 is 10.1 Å². The van der Waals surface area contributed by atoms with E-state index in [9.17, 15) is 4.79 Å². The van der Waals surface area contributed by atoms with Gasteiger partial charge >= 0.3 is 0 Å². The van der Waals surface area contributed by atoms with Gasteiger partial charge in [0.15, 0.2) is 5.01 Å². The van der Waals surface area contributed by atoms with Crippen LogP contribution >= 0.6 is 22.9 Å². The zero-order valence-electron chi connectivity index (χ0n) is 14.0. The molecule has 1 heterocycles. The fourth-order valence-electron chi connectivity index (χ4n) is 2.17. The molecule has 132 valence electrons. The van der Waals surface area contributed by atoms with Crippen LogP contribution in [0.3, 0.4) is 0 Å². The van der Waals surface area contributed by atoms with Crippen molar-refractivity contribution in [3.05, 3.63) is 75.7 Å². The van der Waals surface area contributed by atoms with Gasteiger partial charge in [0.25, 0.3) is 5.91 Å². The Kier molecular flexibility index (Phi) is 5.99. The summed E-state index contributed by atoms with van der Waals surface area (Å²) in [5, 5.41) is 12.0. The van der Waals surface area contributed by atoms with E-state index in [4.69, 9.17) is 16.3 Å². The number of nitrogens with one attached hydrogen (secondary N) is 1. The number of carbonyl (C=O) groups is 1. The average molecular weight is 386 g/mol. The molecule has 1 amide bonds. The molecule has 0 unspecified atom stereocenters. The second kappa shape index (κ2) is 8.60. The molecule has 0 aliphatic carbocycles. The lowest BCUT2D eigenvalue weighted by Crippen LogP contribution is -2.22. The Hall–Kier alpha value is -2.70. The summed E-state index contributed by atoms with van der Waals surface area (Å²) in [5.41, 5.74) is 1.92. The fourth-order valence-corrected chi connectivity index (χ4v) is 3.12. The monoisotopic (exact) mass is 385 g/mol. The van der Waals surface area contributed by atoms with Gasteiger partial charge in [-0.15, -0.1) is 10.2 Å². The molecule has 0 fully saturated rings. The number of halogens is 1. The molecule has 1 N–H and O–H groups in total. The summed E-state index contributed by atoms with van der Waals surface area (Å²) in [6.45, 7) is 0.435. The van der Waals surface area contributed by atoms with Crippen LogP contribution < -0.4 is 10.1 Å². The molecular weight excluding hydrogens is 370 g/mol. The standard InChI is InChI=1S/C19H16ClN3O2S/c1-25-15-9-7-13(8-10-15)11-16(20)18-22-23-19(26-18)17(24)21-12-14-5-3-2-4-6-14/h2-11H,12H2,1H3,(H,21,24)/b16-11+. The van der Waals surface area contributed by atoms with E-state index in [0.717, 1.165) is 28.2 Å². The van der Waals surface area contributed by atoms with Crippen molar-refractivity contribution in [3.63, 3.8) is 0 Å². The molecule has 0 radical (unpaired) electrons. The van der Waals surface area contributed by atoms with Crippen LogP contribution in [-0.2, 0) is 6.54 Å². The minimum absolute atomic E-state index is 0.272. The van der Waals surface area contributed by atoms with Gasteiger partial charge in [-0.05, 0) is 29.3 Å². The minimum atomic E-state index is -0.272. The zero-order chi connectivity index (χ0) is 18.4. The van der Waals surface area contributed by atoms with Crippen molar-refractivity contribution in [2.24, 2.45) is 0 Å². The number of carbonyl (C=O) groups excluding carboxylic acids is 1. The van der Waals surface area contributed by atoms with E-state index in [1.807, 2.05) is 54.6 Å². The van der Waals surface area contributed by atoms with Crippen molar-refractivity contribution in [1.29, 1.82) is 0 Å². The van der Waals surface area contributed by atoms with Crippen LogP contribution in [0.25, 0.3) is 11.1 Å². The number of methoxy groups -OCH3 is 1. The second-order valence-electron chi connectivity index (χ2n) is 5.35. The van der Waals surface area contributed by atoms with E-state index in [1.54, 1.807) is 13.2 Å². The van der Waals surface area contributed by atoms with Crippen LogP contribution in [0.15, 0.2) is 54.6 Å². The van der Waals surface area contributed by atoms with E-state index in [1.165, 1.54) is 0 Å². The van der Waals surface area contributed by atoms with Crippen molar-refractivity contribution >= 4 is 40.0 Å². The number of aromatic nitrogens is 2. The van der Waals surface area contributed by atoms with E-state index in [0.29, 0.717) is 16.6 Å². The molecule has 0 aliphatic rings. The van der Waals surface area contributed by atoms with Gasteiger partial charge in [0, 0.05) is 6.54 Å². The molecular formula is C19H16ClN3O2S. The number of ether oxygens (including phenoxy) is 1. The number of benzene rings is 2. The summed E-state index contributed by atoms with van der Waals surface area (Å²) in [5.74, 6) is 0.498. The third-order valence-electron chi connectivity index (χ3n) is 3.53. The van der Waals surface area contributed by atoms with Crippen LogP contribution in [0, 0.1) is 0 Å². The largest absolute Gasteiger partial charge is 0.497 e. The van der Waals surface area contributed by atoms with E-state index < -0.39 is 0 Å². The highest BCUT2D eigenvalue weighted by atomic mass is 35.5. The SMILES string of the molecule is COc1ccc(/C=C(/Cl)c2nnc(C(=O)NCc3ccccc3)s2)cc1. The maximum atomic E-state index is 12.2. The summed E-state index contributed by atoms with van der Waals surface area (Å²) in [4.78, 5) is 12.2. The number of rotatable bonds is 6. The molecule has 7 heteroatoms. The zero-order valence-corrected chi connectivity index (χ0v) is 15.6. The Balaban J connectivity index is 1.65. The van der Waals surface area contributed by atoms with Gasteiger partial charge in [-0.3, -0.25) is 4.79 Å².